The first-order valence-corrected chi connectivity index (χ1v) is 5.68. The number of hydrogen-bond acceptors (Lipinski definition) is 2. The molecule has 0 spiro atoms. The maximum atomic E-state index is 5.60. The first-order chi connectivity index (χ1) is 6.75. The molecule has 2 rings (SSSR count). The smallest absolute Gasteiger partial charge is 0.197 e. The molecule has 2 atom stereocenters. The highest BCUT2D eigenvalue weighted by atomic mass is 16.4. The number of oxazole rings is 1. The summed E-state index contributed by atoms with van der Waals surface area (Å²) in [5.74, 6) is 3.37. The second-order valence-electron chi connectivity index (χ2n) is 4.62. The Morgan fingerprint density at radius 3 is 2.86 bits per heavy atom. The van der Waals surface area contributed by atoms with Crippen LogP contribution >= 0.6 is 0 Å². The molecule has 1 saturated carbocycles. The van der Waals surface area contributed by atoms with Gasteiger partial charge in [-0.2, -0.15) is 0 Å². The Bertz CT molecular complexity index is 292. The van der Waals surface area contributed by atoms with Crippen LogP contribution in [0, 0.1) is 12.8 Å². The van der Waals surface area contributed by atoms with Crippen LogP contribution in [0.5, 0.6) is 0 Å². The van der Waals surface area contributed by atoms with Gasteiger partial charge in [-0.15, -0.1) is 0 Å². The monoisotopic (exact) mass is 193 g/mol. The molecule has 0 bridgehead atoms. The van der Waals surface area contributed by atoms with E-state index in [1.807, 2.05) is 13.1 Å². The maximum Gasteiger partial charge on any atom is 0.197 e. The molecule has 1 heterocycles. The molecule has 78 valence electrons. The molecule has 1 fully saturated rings. The minimum atomic E-state index is 0.577. The van der Waals surface area contributed by atoms with Crippen molar-refractivity contribution in [1.82, 2.24) is 4.98 Å². The predicted molar refractivity (Wildman–Crippen MR) is 56.2 cm³/mol. The van der Waals surface area contributed by atoms with Crippen LogP contribution in [0.25, 0.3) is 0 Å². The summed E-state index contributed by atoms with van der Waals surface area (Å²) in [7, 11) is 0. The van der Waals surface area contributed by atoms with Crippen molar-refractivity contribution in [3.8, 4) is 0 Å². The van der Waals surface area contributed by atoms with Crippen LogP contribution in [0.2, 0.25) is 0 Å². The fraction of sp³-hybridized carbons (Fsp3) is 0.750. The van der Waals surface area contributed by atoms with Gasteiger partial charge in [-0.25, -0.2) is 4.98 Å². The number of aryl methyl sites for hydroxylation is 1. The maximum absolute atomic E-state index is 5.60. The van der Waals surface area contributed by atoms with Crippen LogP contribution in [-0.4, -0.2) is 4.98 Å². The Hall–Kier alpha value is -0.790. The number of hydrogen-bond donors (Lipinski definition) is 0. The van der Waals surface area contributed by atoms with E-state index in [4.69, 9.17) is 4.42 Å². The second-order valence-corrected chi connectivity index (χ2v) is 4.62. The van der Waals surface area contributed by atoms with E-state index in [9.17, 15) is 0 Å². The Kier molecular flexibility index (Phi) is 2.90. The van der Waals surface area contributed by atoms with Crippen LogP contribution in [0.1, 0.15) is 56.6 Å². The average molecular weight is 193 g/mol. The third kappa shape index (κ3) is 2.17. The predicted octanol–water partition coefficient (Wildman–Crippen LogP) is 3.67. The van der Waals surface area contributed by atoms with Crippen molar-refractivity contribution in [3.05, 3.63) is 17.8 Å². The number of aromatic nitrogens is 1. The van der Waals surface area contributed by atoms with Crippen LogP contribution in [-0.2, 0) is 0 Å². The Morgan fingerprint density at radius 1 is 1.29 bits per heavy atom. The molecule has 2 nitrogen and oxygen atoms in total. The van der Waals surface area contributed by atoms with Crippen LogP contribution in [0.4, 0.5) is 0 Å². The summed E-state index contributed by atoms with van der Waals surface area (Å²) < 4.78 is 5.60. The molecule has 1 aromatic heterocycles. The van der Waals surface area contributed by atoms with Crippen molar-refractivity contribution in [3.63, 3.8) is 0 Å². The molecule has 0 aliphatic heterocycles. The normalized spacial score (nSPS) is 28.7. The zero-order valence-corrected chi connectivity index (χ0v) is 9.12. The highest BCUT2D eigenvalue weighted by Gasteiger charge is 2.21. The van der Waals surface area contributed by atoms with Gasteiger partial charge in [-0.3, -0.25) is 0 Å². The summed E-state index contributed by atoms with van der Waals surface area (Å²) in [5.41, 5.74) is 0. The largest absolute Gasteiger partial charge is 0.446 e. The molecule has 0 amide bonds. The molecule has 0 saturated heterocycles. The minimum Gasteiger partial charge on any atom is -0.446 e. The molecule has 0 N–H and O–H groups in total. The van der Waals surface area contributed by atoms with Gasteiger partial charge >= 0.3 is 0 Å². The van der Waals surface area contributed by atoms with Crippen molar-refractivity contribution in [2.24, 2.45) is 5.92 Å². The lowest BCUT2D eigenvalue weighted by atomic mass is 9.99. The lowest BCUT2D eigenvalue weighted by Crippen LogP contribution is -1.97. The van der Waals surface area contributed by atoms with Gasteiger partial charge in [0.2, 0.25) is 0 Å². The van der Waals surface area contributed by atoms with Crippen molar-refractivity contribution in [2.45, 2.75) is 51.9 Å². The summed E-state index contributed by atoms with van der Waals surface area (Å²) in [6, 6.07) is 0. The van der Waals surface area contributed by atoms with Gasteiger partial charge in [0.05, 0.1) is 6.20 Å². The van der Waals surface area contributed by atoms with Crippen LogP contribution in [0.15, 0.2) is 10.6 Å². The van der Waals surface area contributed by atoms with Gasteiger partial charge in [0.1, 0.15) is 5.76 Å². The molecular weight excluding hydrogens is 174 g/mol. The Balaban J connectivity index is 2.04. The molecular formula is C12H19NO. The Labute approximate surface area is 85.7 Å². The van der Waals surface area contributed by atoms with E-state index < -0.39 is 0 Å². The first kappa shape index (κ1) is 9.75. The summed E-state index contributed by atoms with van der Waals surface area (Å²) in [4.78, 5) is 4.34. The average Bonchev–Trinajstić information content (AvgIpc) is 2.46. The standard InChI is InChI=1S/C12H19NO/c1-9-4-3-5-11(7-6-9)12-13-8-10(2)14-12/h8-9,11H,3-7H2,1-2H3. The van der Waals surface area contributed by atoms with Crippen LogP contribution < -0.4 is 0 Å². The molecule has 14 heavy (non-hydrogen) atoms. The van der Waals surface area contributed by atoms with Gasteiger partial charge in [0, 0.05) is 5.92 Å². The quantitative estimate of drug-likeness (QED) is 0.636. The molecule has 0 aromatic carbocycles. The van der Waals surface area contributed by atoms with E-state index >= 15 is 0 Å². The summed E-state index contributed by atoms with van der Waals surface area (Å²) in [6.07, 6.45) is 8.37. The highest BCUT2D eigenvalue weighted by molar-refractivity contribution is 4.97. The van der Waals surface area contributed by atoms with E-state index in [1.165, 1.54) is 32.1 Å². The topological polar surface area (TPSA) is 26.0 Å². The highest BCUT2D eigenvalue weighted by Crippen LogP contribution is 2.33. The third-order valence-electron chi connectivity index (χ3n) is 3.25. The number of nitrogens with zero attached hydrogens (tertiary/aromatic N) is 1. The summed E-state index contributed by atoms with van der Waals surface area (Å²) in [6.45, 7) is 4.32. The van der Waals surface area contributed by atoms with E-state index in [0.717, 1.165) is 17.6 Å². The van der Waals surface area contributed by atoms with Crippen molar-refractivity contribution in [1.29, 1.82) is 0 Å². The van der Waals surface area contributed by atoms with E-state index in [-0.39, 0.29) is 0 Å². The first-order valence-electron chi connectivity index (χ1n) is 5.68. The Morgan fingerprint density at radius 2 is 2.14 bits per heavy atom. The number of rotatable bonds is 1. The second kappa shape index (κ2) is 4.16. The fourth-order valence-corrected chi connectivity index (χ4v) is 2.29. The lowest BCUT2D eigenvalue weighted by molar-refractivity contribution is 0.402. The van der Waals surface area contributed by atoms with Gasteiger partial charge in [-0.1, -0.05) is 19.8 Å². The van der Waals surface area contributed by atoms with Gasteiger partial charge < -0.3 is 4.42 Å². The van der Waals surface area contributed by atoms with Gasteiger partial charge in [-0.05, 0) is 32.1 Å². The molecule has 1 aromatic rings. The third-order valence-corrected chi connectivity index (χ3v) is 3.25. The van der Waals surface area contributed by atoms with Crippen molar-refractivity contribution in [2.75, 3.05) is 0 Å². The summed E-state index contributed by atoms with van der Waals surface area (Å²) >= 11 is 0. The molecule has 0 radical (unpaired) electrons. The van der Waals surface area contributed by atoms with E-state index in [2.05, 4.69) is 11.9 Å². The van der Waals surface area contributed by atoms with Gasteiger partial charge in [0.15, 0.2) is 5.89 Å². The summed E-state index contributed by atoms with van der Waals surface area (Å²) in [5, 5.41) is 0. The minimum absolute atomic E-state index is 0.577. The fourth-order valence-electron chi connectivity index (χ4n) is 2.29. The molecule has 1 aliphatic rings. The van der Waals surface area contributed by atoms with E-state index in [1.54, 1.807) is 0 Å². The zero-order valence-electron chi connectivity index (χ0n) is 9.12. The molecule has 2 heteroatoms. The van der Waals surface area contributed by atoms with Crippen LogP contribution in [0.3, 0.4) is 0 Å². The zero-order chi connectivity index (χ0) is 9.97. The SMILES string of the molecule is Cc1cnc(C2CCCC(C)CC2)o1. The molecule has 2 unspecified atom stereocenters. The van der Waals surface area contributed by atoms with Crippen molar-refractivity contribution < 1.29 is 4.42 Å². The molecule has 1 aliphatic carbocycles. The lowest BCUT2D eigenvalue weighted by Gasteiger charge is -2.09. The van der Waals surface area contributed by atoms with E-state index in [0.29, 0.717) is 5.92 Å². The van der Waals surface area contributed by atoms with Gasteiger partial charge in [0.25, 0.3) is 0 Å². The van der Waals surface area contributed by atoms with Crippen molar-refractivity contribution >= 4 is 0 Å².